The Bertz CT molecular complexity index is 695. The molecule has 0 spiro atoms. The van der Waals surface area contributed by atoms with Crippen LogP contribution in [0.3, 0.4) is 0 Å². The SMILES string of the molecule is CCCCS(=O)(=O)N1CCN(C(=O)c2cc(CC)ccc2OC)CC1. The topological polar surface area (TPSA) is 66.9 Å². The van der Waals surface area contributed by atoms with E-state index in [0.29, 0.717) is 43.9 Å². The van der Waals surface area contributed by atoms with Gasteiger partial charge in [0.2, 0.25) is 10.0 Å². The molecule has 7 heteroatoms. The molecule has 1 heterocycles. The summed E-state index contributed by atoms with van der Waals surface area (Å²) in [6.07, 6.45) is 2.36. The van der Waals surface area contributed by atoms with Crippen LogP contribution in [0.5, 0.6) is 5.75 Å². The van der Waals surface area contributed by atoms with Crippen LogP contribution in [0, 0.1) is 0 Å². The van der Waals surface area contributed by atoms with Crippen molar-refractivity contribution in [3.8, 4) is 5.75 Å². The van der Waals surface area contributed by atoms with Crippen molar-refractivity contribution in [2.24, 2.45) is 0 Å². The second kappa shape index (κ2) is 8.67. The number of piperazine rings is 1. The molecule has 0 aromatic heterocycles. The Labute approximate surface area is 150 Å². The third kappa shape index (κ3) is 4.73. The lowest BCUT2D eigenvalue weighted by molar-refractivity contribution is 0.0694. The fourth-order valence-corrected chi connectivity index (χ4v) is 4.57. The van der Waals surface area contributed by atoms with Gasteiger partial charge < -0.3 is 9.64 Å². The Morgan fingerprint density at radius 2 is 1.84 bits per heavy atom. The van der Waals surface area contributed by atoms with Gasteiger partial charge in [-0.25, -0.2) is 8.42 Å². The number of amides is 1. The highest BCUT2D eigenvalue weighted by Crippen LogP contribution is 2.23. The Hall–Kier alpha value is -1.60. The molecule has 0 N–H and O–H groups in total. The summed E-state index contributed by atoms with van der Waals surface area (Å²) in [5.74, 6) is 0.641. The Balaban J connectivity index is 2.07. The van der Waals surface area contributed by atoms with Gasteiger partial charge in [-0.3, -0.25) is 4.79 Å². The molecule has 1 aromatic carbocycles. The number of rotatable bonds is 7. The van der Waals surface area contributed by atoms with Crippen LogP contribution in [0.2, 0.25) is 0 Å². The van der Waals surface area contributed by atoms with Crippen molar-refractivity contribution in [3.63, 3.8) is 0 Å². The summed E-state index contributed by atoms with van der Waals surface area (Å²) >= 11 is 0. The van der Waals surface area contributed by atoms with Crippen molar-refractivity contribution >= 4 is 15.9 Å². The number of nitrogens with zero attached hydrogens (tertiary/aromatic N) is 2. The lowest BCUT2D eigenvalue weighted by atomic mass is 10.1. The van der Waals surface area contributed by atoms with Crippen molar-refractivity contribution in [3.05, 3.63) is 29.3 Å². The molecule has 1 aliphatic heterocycles. The summed E-state index contributed by atoms with van der Waals surface area (Å²) < 4.78 is 31.4. The number of hydrogen-bond acceptors (Lipinski definition) is 4. The van der Waals surface area contributed by atoms with Crippen LogP contribution in [0.15, 0.2) is 18.2 Å². The number of benzene rings is 1. The quantitative estimate of drug-likeness (QED) is 0.740. The van der Waals surface area contributed by atoms with E-state index in [-0.39, 0.29) is 11.7 Å². The van der Waals surface area contributed by atoms with Gasteiger partial charge in [-0.05, 0) is 30.5 Å². The zero-order valence-corrected chi connectivity index (χ0v) is 16.1. The van der Waals surface area contributed by atoms with Crippen molar-refractivity contribution in [1.29, 1.82) is 0 Å². The van der Waals surface area contributed by atoms with E-state index in [4.69, 9.17) is 4.74 Å². The van der Waals surface area contributed by atoms with Crippen LogP contribution in [0.25, 0.3) is 0 Å². The molecule has 6 nitrogen and oxygen atoms in total. The standard InChI is InChI=1S/C18H28N2O4S/c1-4-6-13-25(22,23)20-11-9-19(10-12-20)18(21)16-14-15(5-2)7-8-17(16)24-3/h7-8,14H,4-6,9-13H2,1-3H3. The molecule has 0 unspecified atom stereocenters. The van der Waals surface area contributed by atoms with Crippen molar-refractivity contribution in [2.45, 2.75) is 33.1 Å². The lowest BCUT2D eigenvalue weighted by Gasteiger charge is -2.34. The molecule has 0 radical (unpaired) electrons. The minimum atomic E-state index is -3.21. The molecule has 140 valence electrons. The van der Waals surface area contributed by atoms with E-state index < -0.39 is 10.0 Å². The van der Waals surface area contributed by atoms with E-state index in [2.05, 4.69) is 0 Å². The Kier molecular flexibility index (Phi) is 6.84. The molecule has 0 atom stereocenters. The average molecular weight is 368 g/mol. The van der Waals surface area contributed by atoms with Crippen molar-refractivity contribution in [1.82, 2.24) is 9.21 Å². The van der Waals surface area contributed by atoms with E-state index >= 15 is 0 Å². The summed E-state index contributed by atoms with van der Waals surface area (Å²) in [6, 6.07) is 5.64. The first kappa shape index (κ1) is 19.7. The fourth-order valence-electron chi connectivity index (χ4n) is 2.94. The van der Waals surface area contributed by atoms with Gasteiger partial charge in [0.1, 0.15) is 5.75 Å². The number of methoxy groups -OCH3 is 1. The zero-order valence-electron chi connectivity index (χ0n) is 15.3. The van der Waals surface area contributed by atoms with E-state index in [0.717, 1.165) is 18.4 Å². The first-order chi connectivity index (χ1) is 11.9. The minimum absolute atomic E-state index is 0.0993. The number of hydrogen-bond donors (Lipinski definition) is 0. The second-order valence-electron chi connectivity index (χ2n) is 6.25. The first-order valence-electron chi connectivity index (χ1n) is 8.87. The first-order valence-corrected chi connectivity index (χ1v) is 10.5. The zero-order chi connectivity index (χ0) is 18.4. The normalized spacial score (nSPS) is 16.0. The molecule has 1 amide bonds. The lowest BCUT2D eigenvalue weighted by Crippen LogP contribution is -2.51. The van der Waals surface area contributed by atoms with Crippen LogP contribution in [-0.4, -0.2) is 62.6 Å². The molecule has 0 aliphatic carbocycles. The van der Waals surface area contributed by atoms with Gasteiger partial charge in [0, 0.05) is 26.2 Å². The summed E-state index contributed by atoms with van der Waals surface area (Å²) in [5.41, 5.74) is 1.62. The molecular weight excluding hydrogens is 340 g/mol. The van der Waals surface area contributed by atoms with Gasteiger partial charge in [0.15, 0.2) is 0 Å². The predicted molar refractivity (Wildman–Crippen MR) is 98.5 cm³/mol. The van der Waals surface area contributed by atoms with Gasteiger partial charge in [0.25, 0.3) is 5.91 Å². The fraction of sp³-hybridized carbons (Fsp3) is 0.611. The van der Waals surface area contributed by atoms with E-state index in [1.165, 1.54) is 4.31 Å². The highest BCUT2D eigenvalue weighted by atomic mass is 32.2. The third-order valence-corrected chi connectivity index (χ3v) is 6.53. The maximum absolute atomic E-state index is 12.9. The van der Waals surface area contributed by atoms with Gasteiger partial charge in [-0.2, -0.15) is 4.31 Å². The van der Waals surface area contributed by atoms with Crippen LogP contribution < -0.4 is 4.74 Å². The number of carbonyl (C=O) groups excluding carboxylic acids is 1. The monoisotopic (exact) mass is 368 g/mol. The van der Waals surface area contributed by atoms with Crippen molar-refractivity contribution in [2.75, 3.05) is 39.0 Å². The number of aryl methyl sites for hydroxylation is 1. The summed E-state index contributed by atoms with van der Waals surface area (Å²) in [5, 5.41) is 0. The smallest absolute Gasteiger partial charge is 0.257 e. The maximum atomic E-state index is 12.9. The van der Waals surface area contributed by atoms with Crippen LogP contribution in [0.1, 0.15) is 42.6 Å². The molecule has 1 saturated heterocycles. The second-order valence-corrected chi connectivity index (χ2v) is 8.34. The van der Waals surface area contributed by atoms with Gasteiger partial charge in [-0.15, -0.1) is 0 Å². The molecule has 1 aliphatic rings. The van der Waals surface area contributed by atoms with Gasteiger partial charge in [-0.1, -0.05) is 26.3 Å². The average Bonchev–Trinajstić information content (AvgIpc) is 2.65. The summed E-state index contributed by atoms with van der Waals surface area (Å²) in [6.45, 7) is 5.54. The third-order valence-electron chi connectivity index (χ3n) is 4.58. The number of carbonyl (C=O) groups is 1. The molecule has 0 saturated carbocycles. The minimum Gasteiger partial charge on any atom is -0.496 e. The predicted octanol–water partition coefficient (Wildman–Crippen LogP) is 2.15. The van der Waals surface area contributed by atoms with Crippen LogP contribution in [-0.2, 0) is 16.4 Å². The molecule has 2 rings (SSSR count). The summed E-state index contributed by atoms with van der Waals surface area (Å²) in [7, 11) is -1.66. The summed E-state index contributed by atoms with van der Waals surface area (Å²) in [4.78, 5) is 14.6. The molecule has 1 aromatic rings. The molecular formula is C18H28N2O4S. The van der Waals surface area contributed by atoms with Crippen LogP contribution in [0.4, 0.5) is 0 Å². The van der Waals surface area contributed by atoms with Crippen LogP contribution >= 0.6 is 0 Å². The highest BCUT2D eigenvalue weighted by Gasteiger charge is 2.29. The van der Waals surface area contributed by atoms with E-state index in [1.54, 1.807) is 12.0 Å². The molecule has 25 heavy (non-hydrogen) atoms. The largest absolute Gasteiger partial charge is 0.496 e. The number of unbranched alkanes of at least 4 members (excludes halogenated alkanes) is 1. The number of sulfonamides is 1. The van der Waals surface area contributed by atoms with Gasteiger partial charge in [0.05, 0.1) is 18.4 Å². The maximum Gasteiger partial charge on any atom is 0.257 e. The Morgan fingerprint density at radius 1 is 1.16 bits per heavy atom. The van der Waals surface area contributed by atoms with Gasteiger partial charge >= 0.3 is 0 Å². The van der Waals surface area contributed by atoms with E-state index in [1.807, 2.05) is 32.0 Å². The van der Waals surface area contributed by atoms with E-state index in [9.17, 15) is 13.2 Å². The highest BCUT2D eigenvalue weighted by molar-refractivity contribution is 7.89. The van der Waals surface area contributed by atoms with Crippen molar-refractivity contribution < 1.29 is 17.9 Å². The Morgan fingerprint density at radius 3 is 2.40 bits per heavy atom. The number of ether oxygens (including phenoxy) is 1. The molecule has 1 fully saturated rings. The molecule has 0 bridgehead atoms.